The van der Waals surface area contributed by atoms with Crippen LogP contribution in [0.3, 0.4) is 0 Å². The number of ether oxygens (including phenoxy) is 2. The molecule has 20 heavy (non-hydrogen) atoms. The zero-order valence-electron chi connectivity index (χ0n) is 12.2. The van der Waals surface area contributed by atoms with Gasteiger partial charge in [-0.1, -0.05) is 12.1 Å². The summed E-state index contributed by atoms with van der Waals surface area (Å²) in [5.74, 6) is -0.772. The minimum atomic E-state index is -0.772. The van der Waals surface area contributed by atoms with Crippen LogP contribution >= 0.6 is 0 Å². The summed E-state index contributed by atoms with van der Waals surface area (Å²) in [6.07, 6.45) is 0.700. The second kappa shape index (κ2) is 9.34. The number of methoxy groups -OCH3 is 2. The lowest BCUT2D eigenvalue weighted by molar-refractivity contribution is -0.136. The zero-order chi connectivity index (χ0) is 14.8. The van der Waals surface area contributed by atoms with E-state index in [1.165, 1.54) is 0 Å². The fourth-order valence-corrected chi connectivity index (χ4v) is 1.93. The Morgan fingerprint density at radius 2 is 1.85 bits per heavy atom. The minimum Gasteiger partial charge on any atom is -0.481 e. The molecule has 1 rings (SSSR count). The zero-order valence-corrected chi connectivity index (χ0v) is 12.2. The number of anilines is 1. The predicted octanol–water partition coefficient (Wildman–Crippen LogP) is 1.80. The molecule has 0 saturated heterocycles. The first kappa shape index (κ1) is 16.5. The van der Waals surface area contributed by atoms with E-state index in [-0.39, 0.29) is 6.42 Å². The molecule has 0 atom stereocenters. The number of carboxylic acid groups (broad SMARTS) is 1. The molecule has 0 saturated carbocycles. The normalized spacial score (nSPS) is 10.5. The Bertz CT molecular complexity index is 401. The third-order valence-electron chi connectivity index (χ3n) is 3.03. The maximum absolute atomic E-state index is 10.6. The van der Waals surface area contributed by atoms with Gasteiger partial charge >= 0.3 is 5.97 Å². The molecule has 0 bridgehead atoms. The smallest absolute Gasteiger partial charge is 0.303 e. The molecular weight excluding hydrogens is 258 g/mol. The van der Waals surface area contributed by atoms with Crippen molar-refractivity contribution in [3.05, 3.63) is 29.8 Å². The number of hydrogen-bond donors (Lipinski definition) is 1. The van der Waals surface area contributed by atoms with Crippen molar-refractivity contribution >= 4 is 11.7 Å². The quantitative estimate of drug-likeness (QED) is 0.708. The summed E-state index contributed by atoms with van der Waals surface area (Å²) < 4.78 is 10.2. The third kappa shape index (κ3) is 6.04. The molecular formula is C15H23NO4. The van der Waals surface area contributed by atoms with Gasteiger partial charge in [0.05, 0.1) is 13.2 Å². The number of nitrogens with zero attached hydrogens (tertiary/aromatic N) is 1. The van der Waals surface area contributed by atoms with Gasteiger partial charge in [0.25, 0.3) is 0 Å². The van der Waals surface area contributed by atoms with Crippen molar-refractivity contribution < 1.29 is 19.4 Å². The Kier molecular flexibility index (Phi) is 7.69. The molecule has 0 spiro atoms. The molecule has 0 aromatic heterocycles. The molecule has 0 fully saturated rings. The summed E-state index contributed by atoms with van der Waals surface area (Å²) in [6.45, 7) is 2.84. The molecule has 5 nitrogen and oxygen atoms in total. The van der Waals surface area contributed by atoms with E-state index in [0.29, 0.717) is 19.6 Å². The van der Waals surface area contributed by atoms with E-state index < -0.39 is 5.97 Å². The van der Waals surface area contributed by atoms with Gasteiger partial charge in [-0.25, -0.2) is 0 Å². The maximum atomic E-state index is 10.6. The van der Waals surface area contributed by atoms with Crippen molar-refractivity contribution in [1.29, 1.82) is 0 Å². The fraction of sp³-hybridized carbons (Fsp3) is 0.533. The van der Waals surface area contributed by atoms with Crippen LogP contribution in [0, 0.1) is 0 Å². The summed E-state index contributed by atoms with van der Waals surface area (Å²) >= 11 is 0. The predicted molar refractivity (Wildman–Crippen MR) is 78.4 cm³/mol. The number of benzene rings is 1. The summed E-state index contributed by atoms with van der Waals surface area (Å²) in [5, 5.41) is 8.74. The summed E-state index contributed by atoms with van der Waals surface area (Å²) in [5.41, 5.74) is 2.10. The molecule has 0 aliphatic rings. The molecule has 1 aromatic carbocycles. The molecule has 0 amide bonds. The second-order valence-electron chi connectivity index (χ2n) is 4.54. The van der Waals surface area contributed by atoms with Crippen LogP contribution < -0.4 is 4.90 Å². The highest BCUT2D eigenvalue weighted by Gasteiger charge is 2.07. The van der Waals surface area contributed by atoms with Crippen molar-refractivity contribution in [3.63, 3.8) is 0 Å². The summed E-state index contributed by atoms with van der Waals surface area (Å²) in [7, 11) is 3.36. The average molecular weight is 281 g/mol. The van der Waals surface area contributed by atoms with Gasteiger partial charge in [0.1, 0.15) is 0 Å². The highest BCUT2D eigenvalue weighted by molar-refractivity contribution is 5.67. The monoisotopic (exact) mass is 281 g/mol. The van der Waals surface area contributed by atoms with E-state index in [2.05, 4.69) is 4.90 Å². The first-order valence-corrected chi connectivity index (χ1v) is 6.71. The van der Waals surface area contributed by atoms with Gasteiger partial charge < -0.3 is 19.5 Å². The Hall–Kier alpha value is -1.59. The third-order valence-corrected chi connectivity index (χ3v) is 3.03. The lowest BCUT2D eigenvalue weighted by atomic mass is 10.1. The fourth-order valence-electron chi connectivity index (χ4n) is 1.93. The number of carbonyl (C=O) groups is 1. The van der Waals surface area contributed by atoms with Crippen LogP contribution in [-0.4, -0.2) is 51.6 Å². The van der Waals surface area contributed by atoms with Crippen molar-refractivity contribution in [2.75, 3.05) is 45.4 Å². The number of hydrogen-bond acceptors (Lipinski definition) is 4. The Labute approximate surface area is 120 Å². The van der Waals surface area contributed by atoms with E-state index in [1.807, 2.05) is 24.3 Å². The van der Waals surface area contributed by atoms with Gasteiger partial charge in [0, 0.05) is 39.4 Å². The minimum absolute atomic E-state index is 0.152. The highest BCUT2D eigenvalue weighted by atomic mass is 16.5. The average Bonchev–Trinajstić information content (AvgIpc) is 2.45. The van der Waals surface area contributed by atoms with Crippen LogP contribution in [0.5, 0.6) is 0 Å². The molecule has 0 unspecified atom stereocenters. The van der Waals surface area contributed by atoms with Gasteiger partial charge in [-0.3, -0.25) is 4.79 Å². The molecule has 0 aliphatic heterocycles. The summed E-state index contributed by atoms with van der Waals surface area (Å²) in [6, 6.07) is 7.97. The van der Waals surface area contributed by atoms with Crippen molar-refractivity contribution in [2.45, 2.75) is 12.8 Å². The Morgan fingerprint density at radius 3 is 2.40 bits per heavy atom. The standard InChI is InChI=1S/C15H23NO4/c1-19-10-8-16(9-11-20-2)14-5-3-4-13(12-14)6-7-15(17)18/h3-5,12H,6-11H2,1-2H3,(H,17,18). The molecule has 0 heterocycles. The number of aryl methyl sites for hydroxylation is 1. The largest absolute Gasteiger partial charge is 0.481 e. The summed E-state index contributed by atoms with van der Waals surface area (Å²) in [4.78, 5) is 12.8. The van der Waals surface area contributed by atoms with Crippen molar-refractivity contribution in [1.82, 2.24) is 0 Å². The first-order chi connectivity index (χ1) is 9.67. The highest BCUT2D eigenvalue weighted by Crippen LogP contribution is 2.17. The van der Waals surface area contributed by atoms with E-state index >= 15 is 0 Å². The number of aliphatic carboxylic acids is 1. The van der Waals surface area contributed by atoms with Gasteiger partial charge in [0.15, 0.2) is 0 Å². The number of rotatable bonds is 10. The van der Waals surface area contributed by atoms with Crippen LogP contribution in [0.4, 0.5) is 5.69 Å². The van der Waals surface area contributed by atoms with Gasteiger partial charge in [0.2, 0.25) is 0 Å². The molecule has 5 heteroatoms. The van der Waals surface area contributed by atoms with E-state index in [1.54, 1.807) is 14.2 Å². The van der Waals surface area contributed by atoms with E-state index in [9.17, 15) is 4.79 Å². The van der Waals surface area contributed by atoms with E-state index in [4.69, 9.17) is 14.6 Å². The van der Waals surface area contributed by atoms with Crippen molar-refractivity contribution in [3.8, 4) is 0 Å². The van der Waals surface area contributed by atoms with Crippen LogP contribution in [-0.2, 0) is 20.7 Å². The maximum Gasteiger partial charge on any atom is 0.303 e. The Balaban J connectivity index is 2.72. The molecule has 1 N–H and O–H groups in total. The topological polar surface area (TPSA) is 59.0 Å². The van der Waals surface area contributed by atoms with Gasteiger partial charge in [-0.15, -0.1) is 0 Å². The van der Waals surface area contributed by atoms with Crippen LogP contribution in [0.15, 0.2) is 24.3 Å². The number of carboxylic acids is 1. The SMILES string of the molecule is COCCN(CCOC)c1cccc(CCC(=O)O)c1. The van der Waals surface area contributed by atoms with E-state index in [0.717, 1.165) is 24.3 Å². The second-order valence-corrected chi connectivity index (χ2v) is 4.54. The lowest BCUT2D eigenvalue weighted by Gasteiger charge is -2.24. The van der Waals surface area contributed by atoms with Gasteiger partial charge in [-0.05, 0) is 24.1 Å². The van der Waals surface area contributed by atoms with Crippen LogP contribution in [0.25, 0.3) is 0 Å². The molecule has 1 aromatic rings. The van der Waals surface area contributed by atoms with Crippen LogP contribution in [0.2, 0.25) is 0 Å². The first-order valence-electron chi connectivity index (χ1n) is 6.71. The Morgan fingerprint density at radius 1 is 1.20 bits per heavy atom. The molecule has 0 aliphatic carbocycles. The lowest BCUT2D eigenvalue weighted by Crippen LogP contribution is -2.30. The van der Waals surface area contributed by atoms with Crippen LogP contribution in [0.1, 0.15) is 12.0 Å². The van der Waals surface area contributed by atoms with Crippen molar-refractivity contribution in [2.24, 2.45) is 0 Å². The van der Waals surface area contributed by atoms with Gasteiger partial charge in [-0.2, -0.15) is 0 Å². The molecule has 112 valence electrons. The molecule has 0 radical (unpaired) electrons.